The van der Waals surface area contributed by atoms with Gasteiger partial charge in [0, 0.05) is 12.7 Å². The fourth-order valence-corrected chi connectivity index (χ4v) is 2.84. The standard InChI is InChI=1S/C17H19N3O3/c1-11-7-8-18-10-13(11)19-16(21)17(22)20-9-3-4-14(20)15-6-5-12(2)23-15/h5-8,10,14H,3-4,9H2,1-2H3,(H,19,21)/t14-/m1/s1. The van der Waals surface area contributed by atoms with Gasteiger partial charge in [-0.1, -0.05) is 0 Å². The summed E-state index contributed by atoms with van der Waals surface area (Å²) in [5.74, 6) is 0.356. The Labute approximate surface area is 134 Å². The van der Waals surface area contributed by atoms with Crippen LogP contribution in [0.3, 0.4) is 0 Å². The number of carbonyl (C=O) groups is 2. The van der Waals surface area contributed by atoms with Crippen LogP contribution in [0, 0.1) is 13.8 Å². The van der Waals surface area contributed by atoms with Crippen molar-refractivity contribution in [3.05, 3.63) is 47.7 Å². The summed E-state index contributed by atoms with van der Waals surface area (Å²) in [6.45, 7) is 4.28. The third-order valence-electron chi connectivity index (χ3n) is 4.08. The molecule has 2 amide bonds. The normalized spacial score (nSPS) is 17.3. The zero-order valence-electron chi connectivity index (χ0n) is 13.2. The minimum absolute atomic E-state index is 0.169. The number of hydrogen-bond donors (Lipinski definition) is 1. The van der Waals surface area contributed by atoms with E-state index in [4.69, 9.17) is 4.42 Å². The molecule has 3 heterocycles. The van der Waals surface area contributed by atoms with E-state index in [9.17, 15) is 9.59 Å². The minimum Gasteiger partial charge on any atom is -0.464 e. The lowest BCUT2D eigenvalue weighted by Crippen LogP contribution is -2.39. The third kappa shape index (κ3) is 3.11. The third-order valence-corrected chi connectivity index (χ3v) is 4.08. The van der Waals surface area contributed by atoms with E-state index in [1.54, 1.807) is 17.2 Å². The Hall–Kier alpha value is -2.63. The second-order valence-corrected chi connectivity index (χ2v) is 5.75. The molecule has 23 heavy (non-hydrogen) atoms. The molecule has 0 unspecified atom stereocenters. The van der Waals surface area contributed by atoms with Crippen molar-refractivity contribution in [2.45, 2.75) is 32.7 Å². The molecule has 0 saturated carbocycles. The van der Waals surface area contributed by atoms with Gasteiger partial charge in [-0.05, 0) is 50.5 Å². The average Bonchev–Trinajstić information content (AvgIpc) is 3.17. The van der Waals surface area contributed by atoms with E-state index in [0.29, 0.717) is 12.2 Å². The van der Waals surface area contributed by atoms with Gasteiger partial charge < -0.3 is 14.6 Å². The van der Waals surface area contributed by atoms with E-state index >= 15 is 0 Å². The van der Waals surface area contributed by atoms with Gasteiger partial charge in [-0.2, -0.15) is 0 Å². The summed E-state index contributed by atoms with van der Waals surface area (Å²) in [6.07, 6.45) is 4.84. The summed E-state index contributed by atoms with van der Waals surface area (Å²) >= 11 is 0. The lowest BCUT2D eigenvalue weighted by atomic mass is 10.1. The lowest BCUT2D eigenvalue weighted by Gasteiger charge is -2.22. The van der Waals surface area contributed by atoms with Crippen molar-refractivity contribution in [1.29, 1.82) is 0 Å². The smallest absolute Gasteiger partial charge is 0.313 e. The van der Waals surface area contributed by atoms with Crippen molar-refractivity contribution >= 4 is 17.5 Å². The van der Waals surface area contributed by atoms with Gasteiger partial charge in [-0.3, -0.25) is 14.6 Å². The number of aryl methyl sites for hydroxylation is 2. The van der Waals surface area contributed by atoms with Crippen molar-refractivity contribution in [3.8, 4) is 0 Å². The average molecular weight is 313 g/mol. The maximum atomic E-state index is 12.5. The Kier molecular flexibility index (Phi) is 4.14. The van der Waals surface area contributed by atoms with Crippen LogP contribution in [-0.2, 0) is 9.59 Å². The highest BCUT2D eigenvalue weighted by atomic mass is 16.3. The van der Waals surface area contributed by atoms with Crippen molar-refractivity contribution in [1.82, 2.24) is 9.88 Å². The molecule has 120 valence electrons. The number of nitrogens with one attached hydrogen (secondary N) is 1. The van der Waals surface area contributed by atoms with E-state index in [1.807, 2.05) is 26.0 Å². The van der Waals surface area contributed by atoms with Crippen LogP contribution in [0.25, 0.3) is 0 Å². The molecule has 6 heteroatoms. The second-order valence-electron chi connectivity index (χ2n) is 5.75. The first-order chi connectivity index (χ1) is 11.1. The summed E-state index contributed by atoms with van der Waals surface area (Å²) in [5, 5.41) is 2.64. The summed E-state index contributed by atoms with van der Waals surface area (Å²) in [4.78, 5) is 30.3. The number of aromatic nitrogens is 1. The molecule has 0 aromatic carbocycles. The van der Waals surface area contributed by atoms with E-state index in [1.165, 1.54) is 6.20 Å². The van der Waals surface area contributed by atoms with E-state index < -0.39 is 11.8 Å². The minimum atomic E-state index is -0.642. The Morgan fingerprint density at radius 3 is 2.83 bits per heavy atom. The molecule has 1 fully saturated rings. The molecule has 1 atom stereocenters. The number of carbonyl (C=O) groups excluding carboxylic acids is 2. The molecule has 0 bridgehead atoms. The first-order valence-electron chi connectivity index (χ1n) is 7.65. The maximum Gasteiger partial charge on any atom is 0.313 e. The van der Waals surface area contributed by atoms with Gasteiger partial charge in [0.15, 0.2) is 0 Å². The van der Waals surface area contributed by atoms with Gasteiger partial charge in [-0.15, -0.1) is 0 Å². The molecule has 0 aliphatic carbocycles. The van der Waals surface area contributed by atoms with Gasteiger partial charge in [-0.25, -0.2) is 0 Å². The molecule has 1 aliphatic rings. The van der Waals surface area contributed by atoms with Gasteiger partial charge in [0.25, 0.3) is 0 Å². The molecule has 2 aromatic heterocycles. The summed E-state index contributed by atoms with van der Waals surface area (Å²) in [6, 6.07) is 5.35. The molecule has 0 spiro atoms. The van der Waals surface area contributed by atoms with Gasteiger partial charge in [0.1, 0.15) is 11.5 Å². The van der Waals surface area contributed by atoms with Crippen LogP contribution in [0.2, 0.25) is 0 Å². The quantitative estimate of drug-likeness (QED) is 0.865. The highest BCUT2D eigenvalue weighted by molar-refractivity contribution is 6.39. The predicted molar refractivity (Wildman–Crippen MR) is 84.7 cm³/mol. The molecule has 0 radical (unpaired) electrons. The van der Waals surface area contributed by atoms with E-state index in [-0.39, 0.29) is 6.04 Å². The number of pyridine rings is 1. The Balaban J connectivity index is 1.74. The van der Waals surface area contributed by atoms with Crippen LogP contribution < -0.4 is 5.32 Å². The summed E-state index contributed by atoms with van der Waals surface area (Å²) in [7, 11) is 0. The van der Waals surface area contributed by atoms with Crippen molar-refractivity contribution in [2.75, 3.05) is 11.9 Å². The second kappa shape index (κ2) is 6.24. The van der Waals surface area contributed by atoms with Gasteiger partial charge in [0.05, 0.1) is 17.9 Å². The number of rotatable bonds is 2. The van der Waals surface area contributed by atoms with Crippen LogP contribution >= 0.6 is 0 Å². The van der Waals surface area contributed by atoms with Crippen LogP contribution in [0.15, 0.2) is 35.0 Å². The zero-order valence-corrected chi connectivity index (χ0v) is 13.2. The first kappa shape index (κ1) is 15.3. The number of anilines is 1. The number of nitrogens with zero attached hydrogens (tertiary/aromatic N) is 2. The molecular weight excluding hydrogens is 294 g/mol. The molecule has 1 saturated heterocycles. The molecule has 2 aromatic rings. The number of amides is 2. The monoisotopic (exact) mass is 313 g/mol. The van der Waals surface area contributed by atoms with Crippen LogP contribution in [0.1, 0.15) is 36.0 Å². The van der Waals surface area contributed by atoms with Crippen LogP contribution in [0.4, 0.5) is 5.69 Å². The van der Waals surface area contributed by atoms with Crippen molar-refractivity contribution in [3.63, 3.8) is 0 Å². The molecule has 1 N–H and O–H groups in total. The topological polar surface area (TPSA) is 75.4 Å². The van der Waals surface area contributed by atoms with Crippen molar-refractivity contribution < 1.29 is 14.0 Å². The number of likely N-dealkylation sites (tertiary alicyclic amines) is 1. The van der Waals surface area contributed by atoms with Gasteiger partial charge >= 0.3 is 11.8 Å². The summed E-state index contributed by atoms with van der Waals surface area (Å²) in [5.41, 5.74) is 1.41. The lowest BCUT2D eigenvalue weighted by molar-refractivity contribution is -0.144. The van der Waals surface area contributed by atoms with Gasteiger partial charge in [0.2, 0.25) is 0 Å². The summed E-state index contributed by atoms with van der Waals surface area (Å²) < 4.78 is 5.63. The SMILES string of the molecule is Cc1ccc([C@H]2CCCN2C(=O)C(=O)Nc2cnccc2C)o1. The van der Waals surface area contributed by atoms with Crippen LogP contribution in [0.5, 0.6) is 0 Å². The molecule has 6 nitrogen and oxygen atoms in total. The van der Waals surface area contributed by atoms with E-state index in [2.05, 4.69) is 10.3 Å². The van der Waals surface area contributed by atoms with E-state index in [0.717, 1.165) is 29.9 Å². The zero-order chi connectivity index (χ0) is 16.4. The Bertz CT molecular complexity index is 738. The largest absolute Gasteiger partial charge is 0.464 e. The number of hydrogen-bond acceptors (Lipinski definition) is 4. The Morgan fingerprint density at radius 2 is 2.13 bits per heavy atom. The predicted octanol–water partition coefficient (Wildman–Crippen LogP) is 2.59. The fourth-order valence-electron chi connectivity index (χ4n) is 2.84. The number of furan rings is 1. The highest BCUT2D eigenvalue weighted by Gasteiger charge is 2.35. The Morgan fingerprint density at radius 1 is 1.30 bits per heavy atom. The molecule has 1 aliphatic heterocycles. The first-order valence-corrected chi connectivity index (χ1v) is 7.65. The highest BCUT2D eigenvalue weighted by Crippen LogP contribution is 2.33. The van der Waals surface area contributed by atoms with Crippen LogP contribution in [-0.4, -0.2) is 28.2 Å². The fraction of sp³-hybridized carbons (Fsp3) is 0.353. The molecular formula is C17H19N3O3. The van der Waals surface area contributed by atoms with Crippen molar-refractivity contribution in [2.24, 2.45) is 0 Å². The maximum absolute atomic E-state index is 12.5. The molecule has 3 rings (SSSR count).